The largest absolute Gasteiger partial charge is 0.481 e. The summed E-state index contributed by atoms with van der Waals surface area (Å²) >= 11 is 2.59. The molecule has 1 saturated heterocycles. The van der Waals surface area contributed by atoms with Crippen LogP contribution in [0.3, 0.4) is 0 Å². The van der Waals surface area contributed by atoms with E-state index in [1.807, 2.05) is 6.07 Å². The Morgan fingerprint density at radius 1 is 1.21 bits per heavy atom. The number of pyridine rings is 1. The van der Waals surface area contributed by atoms with E-state index in [1.54, 1.807) is 13.2 Å². The van der Waals surface area contributed by atoms with E-state index in [-0.39, 0.29) is 11.8 Å². The Labute approximate surface area is 233 Å². The Kier molecular flexibility index (Phi) is 7.16. The smallest absolute Gasteiger partial charge is 0.233 e. The number of anilines is 3. The number of amides is 1. The summed E-state index contributed by atoms with van der Waals surface area (Å²) in [5, 5.41) is 6.06. The number of carbonyl (C=O) groups is 1. The summed E-state index contributed by atoms with van der Waals surface area (Å²) in [4.78, 5) is 28.6. The van der Waals surface area contributed by atoms with Crippen molar-refractivity contribution in [1.29, 1.82) is 0 Å². The first kappa shape index (κ1) is 25.4. The van der Waals surface area contributed by atoms with Crippen molar-refractivity contribution in [2.24, 2.45) is 5.92 Å². The van der Waals surface area contributed by atoms with Crippen molar-refractivity contribution in [2.45, 2.75) is 35.5 Å². The third-order valence-electron chi connectivity index (χ3n) is 7.37. The van der Waals surface area contributed by atoms with Crippen LogP contribution in [0, 0.1) is 5.92 Å². The number of nitrogens with one attached hydrogen (secondary N) is 1. The van der Waals surface area contributed by atoms with Gasteiger partial charge in [0.25, 0.3) is 0 Å². The molecule has 4 aromatic rings. The SMILES string of the molecule is C/C=S1\CCC(CC(C(=O)Nc2nc3ccc(OC)nc3s2)c2ccc3c(c2)N(C)c2ccccc2[SH+]3)C1. The zero-order chi connectivity index (χ0) is 26.2. The van der Waals surface area contributed by atoms with Gasteiger partial charge in [0.05, 0.1) is 36.2 Å². The molecule has 2 aromatic carbocycles. The van der Waals surface area contributed by atoms with Crippen LogP contribution in [0.5, 0.6) is 5.88 Å². The molecule has 4 heterocycles. The van der Waals surface area contributed by atoms with Gasteiger partial charge < -0.3 is 15.0 Å². The summed E-state index contributed by atoms with van der Waals surface area (Å²) in [6.07, 6.45) is 2.02. The standard InChI is InChI=1S/C29H30N4O2S3/c1-4-38-14-13-18(17-38)15-20(27(34)32-29-30-21-10-12-26(35-3)31-28(21)37-29)19-9-11-25-23(16-19)33(2)22-7-5-6-8-24(22)36-25/h4-12,16,18,20H,13-15,17H2,1-3H3,(H,30,32,34)/p+1. The number of aromatic nitrogens is 2. The maximum Gasteiger partial charge on any atom is 0.233 e. The van der Waals surface area contributed by atoms with Crippen LogP contribution in [0.4, 0.5) is 16.5 Å². The predicted octanol–water partition coefficient (Wildman–Crippen LogP) is 6.24. The Bertz CT molecular complexity index is 1550. The first-order valence-electron chi connectivity index (χ1n) is 12.8. The topological polar surface area (TPSA) is 67.3 Å². The lowest BCUT2D eigenvalue weighted by Gasteiger charge is -2.26. The number of fused-ring (bicyclic) bond motifs is 3. The molecule has 0 bridgehead atoms. The molecule has 1 N–H and O–H groups in total. The highest BCUT2D eigenvalue weighted by molar-refractivity contribution is 8.15. The van der Waals surface area contributed by atoms with Gasteiger partial charge in [0, 0.05) is 13.1 Å². The molecule has 0 saturated carbocycles. The Hall–Kier alpha value is -2.88. The molecule has 9 heteroatoms. The van der Waals surface area contributed by atoms with Gasteiger partial charge in [-0.05, 0) is 73.1 Å². The van der Waals surface area contributed by atoms with Gasteiger partial charge in [-0.3, -0.25) is 4.79 Å². The second kappa shape index (κ2) is 10.7. The molecular formula is C29H31N4O2S3+. The van der Waals surface area contributed by atoms with E-state index in [9.17, 15) is 4.79 Å². The Morgan fingerprint density at radius 2 is 2.05 bits per heavy atom. The molecular weight excluding hydrogens is 533 g/mol. The number of hydrogen-bond acceptors (Lipinski definition) is 6. The van der Waals surface area contributed by atoms with Gasteiger partial charge in [0.2, 0.25) is 11.8 Å². The average molecular weight is 564 g/mol. The van der Waals surface area contributed by atoms with Crippen LogP contribution >= 0.6 is 21.8 Å². The summed E-state index contributed by atoms with van der Waals surface area (Å²) in [6.45, 7) is 2.17. The second-order valence-corrected chi connectivity index (χ2v) is 14.1. The van der Waals surface area contributed by atoms with Crippen LogP contribution < -0.4 is 15.0 Å². The van der Waals surface area contributed by atoms with Crippen LogP contribution in [-0.2, 0) is 16.6 Å². The lowest BCUT2D eigenvalue weighted by Crippen LogP contribution is -2.24. The monoisotopic (exact) mass is 563 g/mol. The molecule has 0 spiro atoms. The number of benzene rings is 2. The third kappa shape index (κ3) is 4.95. The van der Waals surface area contributed by atoms with Crippen molar-refractivity contribution in [3.8, 4) is 5.88 Å². The maximum absolute atomic E-state index is 13.9. The third-order valence-corrected chi connectivity index (χ3v) is 11.8. The number of methoxy groups -OCH3 is 1. The lowest BCUT2D eigenvalue weighted by molar-refractivity contribution is -0.118. The Balaban J connectivity index is 1.31. The summed E-state index contributed by atoms with van der Waals surface area (Å²) in [5.74, 6) is 3.26. The number of para-hydroxylation sites is 1. The first-order valence-corrected chi connectivity index (χ1v) is 16.1. The van der Waals surface area contributed by atoms with Crippen molar-refractivity contribution >= 4 is 71.7 Å². The van der Waals surface area contributed by atoms with E-state index >= 15 is 0 Å². The fraction of sp³-hybridized carbons (Fsp3) is 0.310. The molecule has 0 aliphatic carbocycles. The van der Waals surface area contributed by atoms with E-state index in [2.05, 4.69) is 82.0 Å². The van der Waals surface area contributed by atoms with Gasteiger partial charge in [-0.1, -0.05) is 34.9 Å². The molecule has 0 radical (unpaired) electrons. The normalized spacial score (nSPS) is 19.3. The second-order valence-electron chi connectivity index (χ2n) is 9.68. The molecule has 38 heavy (non-hydrogen) atoms. The zero-order valence-corrected chi connectivity index (χ0v) is 24.2. The summed E-state index contributed by atoms with van der Waals surface area (Å²) < 4.78 is 5.25. The predicted molar refractivity (Wildman–Crippen MR) is 163 cm³/mol. The number of ether oxygens (including phenoxy) is 1. The van der Waals surface area contributed by atoms with E-state index in [4.69, 9.17) is 4.74 Å². The molecule has 1 fully saturated rings. The van der Waals surface area contributed by atoms with Crippen LogP contribution in [0.1, 0.15) is 31.2 Å². The summed E-state index contributed by atoms with van der Waals surface area (Å²) in [6, 6.07) is 18.8. The van der Waals surface area contributed by atoms with Gasteiger partial charge in [0.15, 0.2) is 14.9 Å². The number of thiol groups is 1. The zero-order valence-electron chi connectivity index (χ0n) is 21.7. The van der Waals surface area contributed by atoms with E-state index in [1.165, 1.54) is 62.2 Å². The van der Waals surface area contributed by atoms with Gasteiger partial charge in [-0.2, -0.15) is 10.5 Å². The molecule has 6 rings (SSSR count). The molecule has 3 unspecified atom stereocenters. The van der Waals surface area contributed by atoms with Crippen LogP contribution in [0.25, 0.3) is 10.3 Å². The van der Waals surface area contributed by atoms with Gasteiger partial charge in [-0.25, -0.2) is 9.97 Å². The fourth-order valence-electron chi connectivity index (χ4n) is 5.30. The van der Waals surface area contributed by atoms with E-state index < -0.39 is 0 Å². The van der Waals surface area contributed by atoms with Crippen LogP contribution in [0.2, 0.25) is 0 Å². The van der Waals surface area contributed by atoms with E-state index in [0.717, 1.165) is 22.3 Å². The van der Waals surface area contributed by atoms with Crippen molar-refractivity contribution in [3.63, 3.8) is 0 Å². The molecule has 196 valence electrons. The Morgan fingerprint density at radius 3 is 2.87 bits per heavy atom. The molecule has 6 nitrogen and oxygen atoms in total. The van der Waals surface area contributed by atoms with Crippen molar-refractivity contribution in [1.82, 2.24) is 9.97 Å². The molecule has 2 aliphatic rings. The minimum absolute atomic E-state index is 0.000328. The van der Waals surface area contributed by atoms with Gasteiger partial charge in [0.1, 0.15) is 10.3 Å². The maximum atomic E-state index is 13.9. The highest BCUT2D eigenvalue weighted by atomic mass is 32.2. The minimum atomic E-state index is -0.248. The molecule has 2 aliphatic heterocycles. The number of rotatable bonds is 6. The average Bonchev–Trinajstić information content (AvgIpc) is 3.57. The van der Waals surface area contributed by atoms with Crippen molar-refractivity contribution in [2.75, 3.05) is 35.9 Å². The summed E-state index contributed by atoms with van der Waals surface area (Å²) in [7, 11) is 4.09. The van der Waals surface area contributed by atoms with Gasteiger partial charge in [-0.15, -0.1) is 0 Å². The van der Waals surface area contributed by atoms with Crippen LogP contribution in [0.15, 0.2) is 64.4 Å². The minimum Gasteiger partial charge on any atom is -0.481 e. The van der Waals surface area contributed by atoms with E-state index in [0.29, 0.717) is 27.4 Å². The van der Waals surface area contributed by atoms with Crippen LogP contribution in [-0.4, -0.2) is 46.9 Å². The van der Waals surface area contributed by atoms with Crippen molar-refractivity contribution < 1.29 is 9.53 Å². The highest BCUT2D eigenvalue weighted by Gasteiger charge is 2.32. The molecule has 3 atom stereocenters. The quantitative estimate of drug-likeness (QED) is 0.171. The molecule has 1 amide bonds. The number of thiazole rings is 1. The fourth-order valence-corrected chi connectivity index (χ4v) is 9.51. The van der Waals surface area contributed by atoms with Gasteiger partial charge >= 0.3 is 0 Å². The number of hydrogen-bond donors (Lipinski definition) is 1. The molecule has 2 aromatic heterocycles. The number of carbonyl (C=O) groups excluding carboxylic acids is 1. The number of nitrogens with zero attached hydrogens (tertiary/aromatic N) is 3. The highest BCUT2D eigenvalue weighted by Crippen LogP contribution is 2.42. The summed E-state index contributed by atoms with van der Waals surface area (Å²) in [5.41, 5.74) is 4.21. The first-order chi connectivity index (χ1) is 18.5. The lowest BCUT2D eigenvalue weighted by atomic mass is 9.87. The van der Waals surface area contributed by atoms with Crippen molar-refractivity contribution in [3.05, 3.63) is 60.2 Å².